The van der Waals surface area contributed by atoms with E-state index in [1.165, 1.54) is 47.3 Å². The van der Waals surface area contributed by atoms with Crippen LogP contribution in [-0.4, -0.2) is 47.2 Å². The van der Waals surface area contributed by atoms with Crippen LogP contribution in [0.3, 0.4) is 0 Å². The number of hydrogen-bond acceptors (Lipinski definition) is 4. The molecule has 0 aliphatic carbocycles. The number of carbonyl (C=O) groups excluding carboxylic acids is 1. The van der Waals surface area contributed by atoms with Crippen molar-refractivity contribution in [3.63, 3.8) is 0 Å². The highest BCUT2D eigenvalue weighted by Crippen LogP contribution is 2.34. The second kappa shape index (κ2) is 10.7. The summed E-state index contributed by atoms with van der Waals surface area (Å²) < 4.78 is 2.55. The van der Waals surface area contributed by atoms with E-state index >= 15 is 0 Å². The molecule has 3 rings (SSSR count). The van der Waals surface area contributed by atoms with Gasteiger partial charge in [0.2, 0.25) is 0 Å². The molecule has 4 heteroatoms. The first-order valence-corrected chi connectivity index (χ1v) is 11.9. The summed E-state index contributed by atoms with van der Waals surface area (Å²) in [5, 5.41) is 0. The average molecular weight is 413 g/mol. The Morgan fingerprint density at radius 2 is 1.69 bits per heavy atom. The third-order valence-corrected chi connectivity index (χ3v) is 7.93. The summed E-state index contributed by atoms with van der Waals surface area (Å²) >= 11 is 1.95. The molecule has 158 valence electrons. The van der Waals surface area contributed by atoms with Crippen molar-refractivity contribution in [2.45, 2.75) is 76.7 Å². The summed E-state index contributed by atoms with van der Waals surface area (Å²) in [6.07, 6.45) is 12.0. The van der Waals surface area contributed by atoms with E-state index in [9.17, 15) is 4.79 Å². The molecule has 2 aliphatic rings. The van der Waals surface area contributed by atoms with Gasteiger partial charge in [-0.25, -0.2) is 4.31 Å². The number of rotatable bonds is 7. The van der Waals surface area contributed by atoms with E-state index < -0.39 is 0 Å². The quantitative estimate of drug-likeness (QED) is 0.455. The minimum atomic E-state index is 0.355. The number of ketones is 1. The number of benzene rings is 1. The van der Waals surface area contributed by atoms with Crippen molar-refractivity contribution in [3.05, 3.63) is 28.8 Å². The molecule has 0 bridgehead atoms. The first kappa shape index (κ1) is 22.4. The van der Waals surface area contributed by atoms with E-state index in [-0.39, 0.29) is 0 Å². The van der Waals surface area contributed by atoms with Gasteiger partial charge >= 0.3 is 0 Å². The van der Waals surface area contributed by atoms with Gasteiger partial charge in [-0.15, -0.1) is 12.3 Å². The maximum absolute atomic E-state index is 12.0. The molecule has 1 aromatic carbocycles. The van der Waals surface area contributed by atoms with Crippen molar-refractivity contribution < 1.29 is 4.79 Å². The standard InChI is InChI=1S/C25H36N2OS/c1-5-6-7-24(28)18-22-8-12-26(13-9-22)23-10-14-27(15-11-23)29-25-20(3)16-19(2)17-21(25)4/h1,16-17,22-23H,6-15,18H2,2-4H3. The zero-order chi connectivity index (χ0) is 20.8. The number of carbonyl (C=O) groups is 1. The zero-order valence-electron chi connectivity index (χ0n) is 18.4. The molecule has 2 saturated heterocycles. The van der Waals surface area contributed by atoms with Gasteiger partial charge in [0.1, 0.15) is 5.78 Å². The molecule has 0 N–H and O–H groups in total. The molecular formula is C25H36N2OS. The van der Waals surface area contributed by atoms with Crippen LogP contribution in [0.1, 0.15) is 61.6 Å². The molecule has 2 heterocycles. The van der Waals surface area contributed by atoms with Crippen LogP contribution < -0.4 is 0 Å². The molecule has 3 nitrogen and oxygen atoms in total. The molecule has 2 aliphatic heterocycles. The Hall–Kier alpha value is -1.28. The monoisotopic (exact) mass is 412 g/mol. The van der Waals surface area contributed by atoms with Crippen LogP contribution in [0.4, 0.5) is 0 Å². The largest absolute Gasteiger partial charge is 0.300 e. The summed E-state index contributed by atoms with van der Waals surface area (Å²) in [6.45, 7) is 11.3. The summed E-state index contributed by atoms with van der Waals surface area (Å²) in [7, 11) is 0. The smallest absolute Gasteiger partial charge is 0.134 e. The van der Waals surface area contributed by atoms with Crippen molar-refractivity contribution in [1.82, 2.24) is 9.21 Å². The lowest BCUT2D eigenvalue weighted by molar-refractivity contribution is -0.120. The van der Waals surface area contributed by atoms with E-state index in [2.05, 4.69) is 48.0 Å². The van der Waals surface area contributed by atoms with E-state index in [1.807, 2.05) is 11.9 Å². The molecule has 29 heavy (non-hydrogen) atoms. The Bertz CT molecular complexity index is 715. The molecule has 0 unspecified atom stereocenters. The van der Waals surface area contributed by atoms with Crippen molar-refractivity contribution in [2.75, 3.05) is 26.2 Å². The van der Waals surface area contributed by atoms with Gasteiger partial charge in [0, 0.05) is 43.3 Å². The lowest BCUT2D eigenvalue weighted by atomic mass is 9.89. The van der Waals surface area contributed by atoms with E-state index in [1.54, 1.807) is 0 Å². The van der Waals surface area contributed by atoms with Crippen molar-refractivity contribution in [3.8, 4) is 12.3 Å². The van der Waals surface area contributed by atoms with Gasteiger partial charge in [-0.3, -0.25) is 4.79 Å². The number of likely N-dealkylation sites (tertiary alicyclic amines) is 1. The molecule has 0 atom stereocenters. The number of nitrogens with zero attached hydrogens (tertiary/aromatic N) is 2. The lowest BCUT2D eigenvalue weighted by Gasteiger charge is -2.41. The van der Waals surface area contributed by atoms with Crippen LogP contribution in [0, 0.1) is 39.0 Å². The topological polar surface area (TPSA) is 23.6 Å². The molecule has 2 fully saturated rings. The van der Waals surface area contributed by atoms with Crippen LogP contribution in [0.2, 0.25) is 0 Å². The number of Topliss-reactive ketones (excluding diaryl/α,β-unsaturated/α-hetero) is 1. The summed E-state index contributed by atoms with van der Waals surface area (Å²) in [6, 6.07) is 5.30. The molecule has 1 aromatic rings. The fraction of sp³-hybridized carbons (Fsp3) is 0.640. The minimum absolute atomic E-state index is 0.355. The van der Waals surface area contributed by atoms with Crippen molar-refractivity contribution >= 4 is 17.7 Å². The first-order valence-electron chi connectivity index (χ1n) is 11.2. The Kier molecular flexibility index (Phi) is 8.24. The number of aryl methyl sites for hydroxylation is 3. The Morgan fingerprint density at radius 3 is 2.28 bits per heavy atom. The Labute approximate surface area is 181 Å². The average Bonchev–Trinajstić information content (AvgIpc) is 2.70. The lowest BCUT2D eigenvalue weighted by Crippen LogP contribution is -2.46. The fourth-order valence-electron chi connectivity index (χ4n) is 4.90. The Balaban J connectivity index is 1.42. The van der Waals surface area contributed by atoms with E-state index in [4.69, 9.17) is 6.42 Å². The maximum Gasteiger partial charge on any atom is 0.134 e. The highest BCUT2D eigenvalue weighted by molar-refractivity contribution is 7.97. The fourth-order valence-corrected chi connectivity index (χ4v) is 5.95. The third-order valence-electron chi connectivity index (χ3n) is 6.48. The van der Waals surface area contributed by atoms with Crippen molar-refractivity contribution in [2.24, 2.45) is 5.92 Å². The predicted octanol–water partition coefficient (Wildman–Crippen LogP) is 5.17. The molecule has 0 radical (unpaired) electrons. The van der Waals surface area contributed by atoms with Gasteiger partial charge in [0.05, 0.1) is 0 Å². The summed E-state index contributed by atoms with van der Waals surface area (Å²) in [5.74, 6) is 3.50. The van der Waals surface area contributed by atoms with Gasteiger partial charge in [-0.2, -0.15) is 0 Å². The van der Waals surface area contributed by atoms with Gasteiger partial charge in [-0.1, -0.05) is 17.7 Å². The van der Waals surface area contributed by atoms with Gasteiger partial charge in [-0.05, 0) is 88.5 Å². The van der Waals surface area contributed by atoms with Gasteiger partial charge < -0.3 is 4.90 Å². The van der Waals surface area contributed by atoms with Crippen LogP contribution in [0.25, 0.3) is 0 Å². The maximum atomic E-state index is 12.0. The number of hydrogen-bond donors (Lipinski definition) is 0. The summed E-state index contributed by atoms with van der Waals surface area (Å²) in [4.78, 5) is 16.1. The molecular weight excluding hydrogens is 376 g/mol. The summed E-state index contributed by atoms with van der Waals surface area (Å²) in [5.41, 5.74) is 4.14. The van der Waals surface area contributed by atoms with Crippen LogP contribution in [0.15, 0.2) is 17.0 Å². The zero-order valence-corrected chi connectivity index (χ0v) is 19.2. The third kappa shape index (κ3) is 6.35. The second-order valence-electron chi connectivity index (χ2n) is 8.91. The second-order valence-corrected chi connectivity index (χ2v) is 10.0. The molecule has 0 amide bonds. The van der Waals surface area contributed by atoms with Crippen LogP contribution >= 0.6 is 11.9 Å². The number of piperidine rings is 2. The van der Waals surface area contributed by atoms with E-state index in [0.717, 1.165) is 32.6 Å². The minimum Gasteiger partial charge on any atom is -0.300 e. The van der Waals surface area contributed by atoms with Crippen LogP contribution in [0.5, 0.6) is 0 Å². The van der Waals surface area contributed by atoms with Gasteiger partial charge in [0.25, 0.3) is 0 Å². The van der Waals surface area contributed by atoms with Crippen molar-refractivity contribution in [1.29, 1.82) is 0 Å². The Morgan fingerprint density at radius 1 is 1.07 bits per heavy atom. The molecule has 0 spiro atoms. The highest BCUT2D eigenvalue weighted by atomic mass is 32.2. The normalized spacial score (nSPS) is 19.9. The highest BCUT2D eigenvalue weighted by Gasteiger charge is 2.29. The van der Waals surface area contributed by atoms with Gasteiger partial charge in [0.15, 0.2) is 0 Å². The molecule has 0 aromatic heterocycles. The van der Waals surface area contributed by atoms with E-state index in [0.29, 0.717) is 30.6 Å². The number of terminal acetylenes is 1. The predicted molar refractivity (Wildman–Crippen MR) is 123 cm³/mol. The van der Waals surface area contributed by atoms with Crippen LogP contribution in [-0.2, 0) is 4.79 Å². The SMILES string of the molecule is C#CCCC(=O)CC1CCN(C2CCN(Sc3c(C)cc(C)cc3C)CC2)CC1. The molecule has 0 saturated carbocycles. The first-order chi connectivity index (χ1) is 14.0.